The number of benzene rings is 2. The maximum Gasteiger partial charge on any atom is 0.322 e. The number of hydrogen-bond donors (Lipinski definition) is 1. The second kappa shape index (κ2) is 8.46. The minimum atomic E-state index is -0.252. The standard InChI is InChI=1S/C26H27FN2OS/c1-2-17-7-3-5-9-22(17)28-26(30)29-16-15-21-20-8-4-6-10-23(20)31-25(21)24(29)18-11-13-19(27)14-12-18/h3,5,7,9,11-14,24H,2,4,6,8,10,15-16H2,1H3,(H,28,30). The molecular formula is C26H27FN2OS. The van der Waals surface area contributed by atoms with Crippen LogP contribution < -0.4 is 5.32 Å². The van der Waals surface area contributed by atoms with E-state index in [-0.39, 0.29) is 17.9 Å². The number of carbonyl (C=O) groups is 1. The number of nitrogens with zero attached hydrogens (tertiary/aromatic N) is 1. The molecule has 1 atom stereocenters. The zero-order valence-corrected chi connectivity index (χ0v) is 18.6. The minimum Gasteiger partial charge on any atom is -0.312 e. The second-order valence-electron chi connectivity index (χ2n) is 8.39. The van der Waals surface area contributed by atoms with Gasteiger partial charge < -0.3 is 10.2 Å². The number of rotatable bonds is 3. The second-order valence-corrected chi connectivity index (χ2v) is 9.53. The summed E-state index contributed by atoms with van der Waals surface area (Å²) in [6, 6.07) is 14.4. The number of amides is 2. The van der Waals surface area contributed by atoms with Crippen LogP contribution in [0.3, 0.4) is 0 Å². The summed E-state index contributed by atoms with van der Waals surface area (Å²) in [5, 5.41) is 3.15. The number of urea groups is 1. The molecule has 1 aromatic heterocycles. The predicted octanol–water partition coefficient (Wildman–Crippen LogP) is 6.51. The van der Waals surface area contributed by atoms with Gasteiger partial charge in [0.05, 0.1) is 6.04 Å². The summed E-state index contributed by atoms with van der Waals surface area (Å²) in [6.45, 7) is 2.76. The van der Waals surface area contributed by atoms with Crippen molar-refractivity contribution in [3.8, 4) is 0 Å². The summed E-state index contributed by atoms with van der Waals surface area (Å²) >= 11 is 1.86. The summed E-state index contributed by atoms with van der Waals surface area (Å²) in [5.74, 6) is -0.252. The lowest BCUT2D eigenvalue weighted by molar-refractivity contribution is 0.195. The normalized spacial score (nSPS) is 17.7. The van der Waals surface area contributed by atoms with E-state index in [1.807, 2.05) is 46.6 Å². The fourth-order valence-corrected chi connectivity index (χ4v) is 6.57. The summed E-state index contributed by atoms with van der Waals surface area (Å²) in [4.78, 5) is 18.2. The Morgan fingerprint density at radius 3 is 2.65 bits per heavy atom. The van der Waals surface area contributed by atoms with Gasteiger partial charge in [0.2, 0.25) is 0 Å². The van der Waals surface area contributed by atoms with E-state index in [1.54, 1.807) is 0 Å². The van der Waals surface area contributed by atoms with Crippen molar-refractivity contribution in [2.45, 2.75) is 51.5 Å². The van der Waals surface area contributed by atoms with Crippen molar-refractivity contribution in [1.29, 1.82) is 0 Å². The molecule has 0 saturated heterocycles. The van der Waals surface area contributed by atoms with E-state index in [9.17, 15) is 9.18 Å². The van der Waals surface area contributed by atoms with E-state index < -0.39 is 0 Å². The Bertz CT molecular complexity index is 1110. The molecule has 0 bridgehead atoms. The summed E-state index contributed by atoms with van der Waals surface area (Å²) in [6.07, 6.45) is 6.52. The zero-order chi connectivity index (χ0) is 21.4. The molecule has 1 aliphatic heterocycles. The first kappa shape index (κ1) is 20.3. The number of hydrogen-bond acceptors (Lipinski definition) is 2. The molecule has 3 aromatic rings. The molecule has 2 aromatic carbocycles. The van der Waals surface area contributed by atoms with Gasteiger partial charge in [-0.05, 0) is 79.0 Å². The van der Waals surface area contributed by atoms with Gasteiger partial charge in [-0.1, -0.05) is 37.3 Å². The largest absolute Gasteiger partial charge is 0.322 e. The molecule has 31 heavy (non-hydrogen) atoms. The Hall–Kier alpha value is -2.66. The zero-order valence-electron chi connectivity index (χ0n) is 17.8. The van der Waals surface area contributed by atoms with Crippen LogP contribution in [-0.4, -0.2) is 17.5 Å². The van der Waals surface area contributed by atoms with Crippen molar-refractivity contribution in [3.63, 3.8) is 0 Å². The molecule has 5 heteroatoms. The number of halogens is 1. The number of anilines is 1. The van der Waals surface area contributed by atoms with Crippen LogP contribution in [0.5, 0.6) is 0 Å². The number of fused-ring (bicyclic) bond motifs is 3. The van der Waals surface area contributed by atoms with Crippen molar-refractivity contribution in [2.75, 3.05) is 11.9 Å². The number of nitrogens with one attached hydrogen (secondary N) is 1. The molecule has 0 saturated carbocycles. The van der Waals surface area contributed by atoms with Crippen LogP contribution in [-0.2, 0) is 25.7 Å². The van der Waals surface area contributed by atoms with Crippen LogP contribution in [0.2, 0.25) is 0 Å². The van der Waals surface area contributed by atoms with E-state index in [2.05, 4.69) is 18.3 Å². The molecule has 2 aliphatic rings. The Labute approximate surface area is 186 Å². The van der Waals surface area contributed by atoms with Gasteiger partial charge in [-0.3, -0.25) is 0 Å². The van der Waals surface area contributed by atoms with Crippen molar-refractivity contribution < 1.29 is 9.18 Å². The van der Waals surface area contributed by atoms with Gasteiger partial charge in [0.1, 0.15) is 5.82 Å². The first-order valence-electron chi connectivity index (χ1n) is 11.2. The van der Waals surface area contributed by atoms with E-state index in [1.165, 1.54) is 45.9 Å². The van der Waals surface area contributed by atoms with E-state index in [0.29, 0.717) is 6.54 Å². The highest BCUT2D eigenvalue weighted by Gasteiger charge is 2.36. The molecule has 2 heterocycles. The monoisotopic (exact) mass is 434 g/mol. The third kappa shape index (κ3) is 3.76. The van der Waals surface area contributed by atoms with Gasteiger partial charge in [0.25, 0.3) is 0 Å². The average Bonchev–Trinajstić information content (AvgIpc) is 3.18. The van der Waals surface area contributed by atoms with Gasteiger partial charge in [-0.25, -0.2) is 9.18 Å². The molecule has 5 rings (SSSR count). The maximum atomic E-state index is 13.7. The SMILES string of the molecule is CCc1ccccc1NC(=O)N1CCc2c(sc3c2CCCC3)C1c1ccc(F)cc1. The summed E-state index contributed by atoms with van der Waals surface area (Å²) in [5.41, 5.74) is 5.92. The molecule has 2 amide bonds. The quantitative estimate of drug-likeness (QED) is 0.501. The van der Waals surface area contributed by atoms with Gasteiger partial charge in [-0.15, -0.1) is 11.3 Å². The van der Waals surface area contributed by atoms with Gasteiger partial charge in [0, 0.05) is 22.0 Å². The topological polar surface area (TPSA) is 32.3 Å². The van der Waals surface area contributed by atoms with Crippen LogP contribution in [0.15, 0.2) is 48.5 Å². The first-order valence-corrected chi connectivity index (χ1v) is 12.0. The van der Waals surface area contributed by atoms with Crippen LogP contribution in [0.1, 0.15) is 57.8 Å². The third-order valence-electron chi connectivity index (χ3n) is 6.56. The predicted molar refractivity (Wildman–Crippen MR) is 124 cm³/mol. The number of para-hydroxylation sites is 1. The molecular weight excluding hydrogens is 407 g/mol. The van der Waals surface area contributed by atoms with Crippen molar-refractivity contribution in [2.24, 2.45) is 0 Å². The Kier molecular flexibility index (Phi) is 5.53. The molecule has 1 aliphatic carbocycles. The van der Waals surface area contributed by atoms with Gasteiger partial charge in [0.15, 0.2) is 0 Å². The van der Waals surface area contributed by atoms with E-state index in [4.69, 9.17) is 0 Å². The van der Waals surface area contributed by atoms with E-state index >= 15 is 0 Å². The van der Waals surface area contributed by atoms with Crippen LogP contribution in [0.25, 0.3) is 0 Å². The smallest absolute Gasteiger partial charge is 0.312 e. The van der Waals surface area contributed by atoms with Crippen molar-refractivity contribution in [1.82, 2.24) is 4.90 Å². The summed E-state index contributed by atoms with van der Waals surface area (Å²) in [7, 11) is 0. The van der Waals surface area contributed by atoms with E-state index in [0.717, 1.165) is 42.5 Å². The van der Waals surface area contributed by atoms with Crippen LogP contribution in [0, 0.1) is 5.82 Å². The number of thiophene rings is 1. The minimum absolute atomic E-state index is 0.0905. The van der Waals surface area contributed by atoms with Crippen LogP contribution in [0.4, 0.5) is 14.9 Å². The molecule has 0 fully saturated rings. The summed E-state index contributed by atoms with van der Waals surface area (Å²) < 4.78 is 13.7. The highest BCUT2D eigenvalue weighted by molar-refractivity contribution is 7.12. The van der Waals surface area contributed by atoms with Crippen LogP contribution >= 0.6 is 11.3 Å². The Balaban J connectivity index is 1.54. The van der Waals surface area contributed by atoms with Crippen molar-refractivity contribution in [3.05, 3.63) is 86.4 Å². The first-order chi connectivity index (χ1) is 15.2. The van der Waals surface area contributed by atoms with Gasteiger partial charge in [-0.2, -0.15) is 0 Å². The molecule has 3 nitrogen and oxygen atoms in total. The Morgan fingerprint density at radius 2 is 1.84 bits per heavy atom. The maximum absolute atomic E-state index is 13.7. The third-order valence-corrected chi connectivity index (χ3v) is 7.95. The Morgan fingerprint density at radius 1 is 1.06 bits per heavy atom. The molecule has 0 radical (unpaired) electrons. The van der Waals surface area contributed by atoms with Crippen molar-refractivity contribution >= 4 is 23.1 Å². The lowest BCUT2D eigenvalue weighted by Crippen LogP contribution is -2.42. The van der Waals surface area contributed by atoms with Gasteiger partial charge >= 0.3 is 6.03 Å². The number of aryl methyl sites for hydroxylation is 2. The highest BCUT2D eigenvalue weighted by atomic mass is 32.1. The molecule has 1 N–H and O–H groups in total. The molecule has 160 valence electrons. The lowest BCUT2D eigenvalue weighted by Gasteiger charge is -2.36. The average molecular weight is 435 g/mol. The number of carbonyl (C=O) groups excluding carboxylic acids is 1. The lowest BCUT2D eigenvalue weighted by atomic mass is 9.88. The molecule has 0 spiro atoms. The fraction of sp³-hybridized carbons (Fsp3) is 0.346. The molecule has 1 unspecified atom stereocenters. The highest BCUT2D eigenvalue weighted by Crippen LogP contribution is 2.45. The fourth-order valence-electron chi connectivity index (χ4n) is 4.98.